The standard InChI is InChI=1S/C34H30N4O4/c1-22-13-14-23(2)38(22)36-34(41)25-9-5-10-27(19-25)35-33(40)26-20-32(39)37(21-26)28-15-17-29(18-16-28)42-31-12-6-8-24-7-3-4-11-30(24)31/h3-19,26H,20-21H2,1-2H3,(H,35,40)(H,36,41)/t26-/m1/s1. The van der Waals surface area contributed by atoms with Gasteiger partial charge in [-0.1, -0.05) is 42.5 Å². The summed E-state index contributed by atoms with van der Waals surface area (Å²) in [6.07, 6.45) is 0.104. The first-order chi connectivity index (χ1) is 20.4. The molecule has 1 fully saturated rings. The number of nitrogens with one attached hydrogen (secondary N) is 2. The van der Waals surface area contributed by atoms with Gasteiger partial charge in [-0.2, -0.15) is 0 Å². The number of aryl methyl sites for hydroxylation is 2. The lowest BCUT2D eigenvalue weighted by molar-refractivity contribution is -0.122. The van der Waals surface area contributed by atoms with E-state index in [4.69, 9.17) is 4.74 Å². The van der Waals surface area contributed by atoms with E-state index in [-0.39, 0.29) is 30.7 Å². The fourth-order valence-corrected chi connectivity index (χ4v) is 5.23. The Morgan fingerprint density at radius 2 is 1.55 bits per heavy atom. The van der Waals surface area contributed by atoms with E-state index >= 15 is 0 Å². The van der Waals surface area contributed by atoms with E-state index in [0.29, 0.717) is 22.7 Å². The molecule has 3 amide bonds. The molecule has 2 heterocycles. The van der Waals surface area contributed by atoms with Crippen molar-refractivity contribution in [3.63, 3.8) is 0 Å². The number of amides is 3. The maximum absolute atomic E-state index is 13.1. The number of rotatable bonds is 7. The molecule has 210 valence electrons. The molecular weight excluding hydrogens is 528 g/mol. The minimum absolute atomic E-state index is 0.104. The monoisotopic (exact) mass is 558 g/mol. The quantitative estimate of drug-likeness (QED) is 0.241. The van der Waals surface area contributed by atoms with Crippen LogP contribution >= 0.6 is 0 Å². The van der Waals surface area contributed by atoms with E-state index in [1.165, 1.54) is 0 Å². The molecule has 1 saturated heterocycles. The van der Waals surface area contributed by atoms with Crippen LogP contribution in [0.4, 0.5) is 11.4 Å². The van der Waals surface area contributed by atoms with Crippen LogP contribution in [0.3, 0.4) is 0 Å². The molecule has 0 bridgehead atoms. The highest BCUT2D eigenvalue weighted by atomic mass is 16.5. The Bertz CT molecular complexity index is 1780. The second-order valence-electron chi connectivity index (χ2n) is 10.4. The van der Waals surface area contributed by atoms with Crippen molar-refractivity contribution in [2.24, 2.45) is 5.92 Å². The molecule has 8 nitrogen and oxygen atoms in total. The number of hydrogen-bond acceptors (Lipinski definition) is 4. The van der Waals surface area contributed by atoms with Crippen LogP contribution in [-0.4, -0.2) is 28.9 Å². The molecule has 6 rings (SSSR count). The van der Waals surface area contributed by atoms with Crippen LogP contribution in [0.15, 0.2) is 103 Å². The average Bonchev–Trinajstić information content (AvgIpc) is 3.55. The van der Waals surface area contributed by atoms with Gasteiger partial charge in [0.05, 0.1) is 5.92 Å². The molecule has 0 spiro atoms. The molecule has 0 unspecified atom stereocenters. The number of ether oxygens (including phenoxy) is 1. The summed E-state index contributed by atoms with van der Waals surface area (Å²) in [4.78, 5) is 40.4. The number of hydrogen-bond donors (Lipinski definition) is 2. The van der Waals surface area contributed by atoms with E-state index in [1.54, 1.807) is 33.8 Å². The van der Waals surface area contributed by atoms with Gasteiger partial charge < -0.3 is 15.0 Å². The van der Waals surface area contributed by atoms with Crippen LogP contribution in [0.1, 0.15) is 28.2 Å². The molecule has 0 radical (unpaired) electrons. The Labute approximate surface area is 243 Å². The highest BCUT2D eigenvalue weighted by Gasteiger charge is 2.35. The number of fused-ring (bicyclic) bond motifs is 1. The van der Waals surface area contributed by atoms with Gasteiger partial charge in [0, 0.05) is 46.7 Å². The summed E-state index contributed by atoms with van der Waals surface area (Å²) in [5.41, 5.74) is 6.30. The molecule has 8 heteroatoms. The maximum atomic E-state index is 13.1. The van der Waals surface area contributed by atoms with E-state index in [0.717, 1.165) is 27.9 Å². The Hall–Kier alpha value is -5.37. The third kappa shape index (κ3) is 5.47. The van der Waals surface area contributed by atoms with Gasteiger partial charge in [0.15, 0.2) is 0 Å². The summed E-state index contributed by atoms with van der Waals surface area (Å²) in [5.74, 6) is 0.212. The minimum Gasteiger partial charge on any atom is -0.457 e. The van der Waals surface area contributed by atoms with Crippen LogP contribution in [0.5, 0.6) is 11.5 Å². The van der Waals surface area contributed by atoms with Gasteiger partial charge in [-0.15, -0.1) is 0 Å². The van der Waals surface area contributed by atoms with Crippen LogP contribution in [0, 0.1) is 19.8 Å². The van der Waals surface area contributed by atoms with Crippen molar-refractivity contribution >= 4 is 39.9 Å². The van der Waals surface area contributed by atoms with Gasteiger partial charge in [0.1, 0.15) is 11.5 Å². The Kier molecular flexibility index (Phi) is 7.19. The molecule has 1 aliphatic rings. The SMILES string of the molecule is Cc1ccc(C)n1NC(=O)c1cccc(NC(=O)[C@@H]2CC(=O)N(c3ccc(Oc4cccc5ccccc45)cc3)C2)c1. The summed E-state index contributed by atoms with van der Waals surface area (Å²) >= 11 is 0. The highest BCUT2D eigenvalue weighted by Crippen LogP contribution is 2.32. The molecule has 1 aromatic heterocycles. The fourth-order valence-electron chi connectivity index (χ4n) is 5.23. The van der Waals surface area contributed by atoms with Crippen molar-refractivity contribution in [2.75, 3.05) is 22.2 Å². The van der Waals surface area contributed by atoms with E-state index in [2.05, 4.69) is 10.7 Å². The van der Waals surface area contributed by atoms with Gasteiger partial charge in [0.25, 0.3) is 5.91 Å². The van der Waals surface area contributed by atoms with Crippen molar-refractivity contribution < 1.29 is 19.1 Å². The normalized spacial score (nSPS) is 14.7. The molecule has 1 atom stereocenters. The van der Waals surface area contributed by atoms with Crippen LogP contribution in [0.2, 0.25) is 0 Å². The third-order valence-corrected chi connectivity index (χ3v) is 7.50. The Morgan fingerprint density at radius 1 is 0.833 bits per heavy atom. The highest BCUT2D eigenvalue weighted by molar-refractivity contribution is 6.05. The van der Waals surface area contributed by atoms with Gasteiger partial charge in [-0.3, -0.25) is 24.5 Å². The third-order valence-electron chi connectivity index (χ3n) is 7.50. The molecule has 5 aromatic rings. The first-order valence-electron chi connectivity index (χ1n) is 13.8. The van der Waals surface area contributed by atoms with E-state index < -0.39 is 5.92 Å². The molecule has 0 aliphatic carbocycles. The molecule has 4 aromatic carbocycles. The Balaban J connectivity index is 1.09. The lowest BCUT2D eigenvalue weighted by Gasteiger charge is -2.17. The minimum atomic E-state index is -0.522. The first-order valence-corrected chi connectivity index (χ1v) is 13.8. The van der Waals surface area contributed by atoms with Gasteiger partial charge in [0.2, 0.25) is 11.8 Å². The zero-order chi connectivity index (χ0) is 29.2. The van der Waals surface area contributed by atoms with Crippen LogP contribution in [0.25, 0.3) is 10.8 Å². The predicted octanol–water partition coefficient (Wildman–Crippen LogP) is 6.43. The number of nitrogens with zero attached hydrogens (tertiary/aromatic N) is 2. The van der Waals surface area contributed by atoms with Gasteiger partial charge >= 0.3 is 0 Å². The van der Waals surface area contributed by atoms with Crippen LogP contribution < -0.4 is 20.4 Å². The van der Waals surface area contributed by atoms with E-state index in [1.807, 2.05) is 92.7 Å². The van der Waals surface area contributed by atoms with Crippen molar-refractivity contribution in [2.45, 2.75) is 20.3 Å². The molecule has 2 N–H and O–H groups in total. The maximum Gasteiger partial charge on any atom is 0.270 e. The summed E-state index contributed by atoms with van der Waals surface area (Å²) in [7, 11) is 0. The topological polar surface area (TPSA) is 92.7 Å². The smallest absolute Gasteiger partial charge is 0.270 e. The number of benzene rings is 4. The lowest BCUT2D eigenvalue weighted by Crippen LogP contribution is -2.28. The second kappa shape index (κ2) is 11.2. The molecule has 0 saturated carbocycles. The zero-order valence-corrected chi connectivity index (χ0v) is 23.3. The zero-order valence-electron chi connectivity index (χ0n) is 23.3. The number of carbonyl (C=O) groups excluding carboxylic acids is 3. The van der Waals surface area contributed by atoms with E-state index in [9.17, 15) is 14.4 Å². The average molecular weight is 559 g/mol. The fraction of sp³-hybridized carbons (Fsp3) is 0.147. The van der Waals surface area contributed by atoms with Crippen molar-refractivity contribution in [1.29, 1.82) is 0 Å². The van der Waals surface area contributed by atoms with Crippen LogP contribution in [-0.2, 0) is 9.59 Å². The van der Waals surface area contributed by atoms with Gasteiger partial charge in [-0.05, 0) is 79.9 Å². The first kappa shape index (κ1) is 26.8. The number of carbonyl (C=O) groups is 3. The molecule has 42 heavy (non-hydrogen) atoms. The van der Waals surface area contributed by atoms with Crippen molar-refractivity contribution in [3.05, 3.63) is 120 Å². The summed E-state index contributed by atoms with van der Waals surface area (Å²) in [6.45, 7) is 4.08. The second-order valence-corrected chi connectivity index (χ2v) is 10.4. The summed E-state index contributed by atoms with van der Waals surface area (Å²) in [5, 5.41) is 4.99. The van der Waals surface area contributed by atoms with Crippen molar-refractivity contribution in [1.82, 2.24) is 4.68 Å². The molecular formula is C34H30N4O4. The van der Waals surface area contributed by atoms with Crippen molar-refractivity contribution in [3.8, 4) is 11.5 Å². The van der Waals surface area contributed by atoms with Gasteiger partial charge in [-0.25, -0.2) is 0 Å². The predicted molar refractivity (Wildman–Crippen MR) is 164 cm³/mol. The number of aromatic nitrogens is 1. The number of anilines is 2. The summed E-state index contributed by atoms with van der Waals surface area (Å²) < 4.78 is 7.85. The largest absolute Gasteiger partial charge is 0.457 e. The lowest BCUT2D eigenvalue weighted by atomic mass is 10.1. The Morgan fingerprint density at radius 3 is 2.33 bits per heavy atom. The summed E-state index contributed by atoms with van der Waals surface area (Å²) in [6, 6.07) is 31.9. The molecule has 1 aliphatic heterocycles.